The zero-order chi connectivity index (χ0) is 21.3. The third-order valence-corrected chi connectivity index (χ3v) is 8.07. The topological polar surface area (TPSA) is 75.2 Å². The molecular formula is C24H26N4O2S. The minimum Gasteiger partial charge on any atom is -0.305 e. The standard InChI is InChI=1S/C24H26N4O2S/c29-31(30,28-14-11-19-7-3-12-25-23(19)17-28)21-9-1-5-18(15-21)16-27-22-10-2-6-20-8-4-13-26-24(20)22/h1,3-5,7-9,12-13,15,22,27H,2,6,10-11,14,16-17H2. The minimum absolute atomic E-state index is 0.204. The number of hydrogen-bond donors (Lipinski definition) is 1. The van der Waals surface area contributed by atoms with Crippen LogP contribution >= 0.6 is 0 Å². The Balaban J connectivity index is 1.31. The van der Waals surface area contributed by atoms with Crippen LogP contribution in [0.25, 0.3) is 0 Å². The van der Waals surface area contributed by atoms with Crippen molar-refractivity contribution < 1.29 is 8.42 Å². The molecule has 7 heteroatoms. The van der Waals surface area contributed by atoms with Crippen LogP contribution in [-0.2, 0) is 36.0 Å². The number of hydrogen-bond acceptors (Lipinski definition) is 5. The lowest BCUT2D eigenvalue weighted by atomic mass is 9.92. The van der Waals surface area contributed by atoms with E-state index >= 15 is 0 Å². The number of aryl methyl sites for hydroxylation is 1. The van der Waals surface area contributed by atoms with Gasteiger partial charge in [0.15, 0.2) is 0 Å². The maximum atomic E-state index is 13.3. The van der Waals surface area contributed by atoms with Crippen molar-refractivity contribution in [2.45, 2.75) is 49.7 Å². The van der Waals surface area contributed by atoms with Crippen LogP contribution in [0.4, 0.5) is 0 Å². The number of benzene rings is 1. The van der Waals surface area contributed by atoms with Crippen LogP contribution in [0.15, 0.2) is 65.8 Å². The summed E-state index contributed by atoms with van der Waals surface area (Å²) in [6.07, 6.45) is 7.51. The van der Waals surface area contributed by atoms with Crippen LogP contribution in [0.3, 0.4) is 0 Å². The number of pyridine rings is 2. The molecule has 0 radical (unpaired) electrons. The van der Waals surface area contributed by atoms with Crippen molar-refractivity contribution in [3.05, 3.63) is 89.0 Å². The molecule has 3 aromatic rings. The van der Waals surface area contributed by atoms with E-state index in [0.29, 0.717) is 31.0 Å². The molecule has 2 aliphatic rings. The van der Waals surface area contributed by atoms with Gasteiger partial charge in [-0.15, -0.1) is 0 Å². The summed E-state index contributed by atoms with van der Waals surface area (Å²) in [7, 11) is -3.57. The lowest BCUT2D eigenvalue weighted by molar-refractivity contribution is 0.385. The first kappa shape index (κ1) is 20.3. The van der Waals surface area contributed by atoms with Gasteiger partial charge in [0, 0.05) is 25.5 Å². The van der Waals surface area contributed by atoms with Crippen molar-refractivity contribution in [1.82, 2.24) is 19.6 Å². The molecule has 3 heterocycles. The van der Waals surface area contributed by atoms with Crippen molar-refractivity contribution in [2.24, 2.45) is 0 Å². The molecule has 0 saturated carbocycles. The predicted molar refractivity (Wildman–Crippen MR) is 119 cm³/mol. The second-order valence-corrected chi connectivity index (χ2v) is 10.2. The summed E-state index contributed by atoms with van der Waals surface area (Å²) in [6, 6.07) is 15.5. The van der Waals surface area contributed by atoms with Crippen LogP contribution in [0.5, 0.6) is 0 Å². The third kappa shape index (κ3) is 4.13. The van der Waals surface area contributed by atoms with Gasteiger partial charge in [0.2, 0.25) is 10.0 Å². The van der Waals surface area contributed by atoms with Gasteiger partial charge < -0.3 is 5.32 Å². The van der Waals surface area contributed by atoms with E-state index in [0.717, 1.165) is 41.8 Å². The van der Waals surface area contributed by atoms with E-state index in [1.807, 2.05) is 36.5 Å². The van der Waals surface area contributed by atoms with Crippen LogP contribution in [-0.4, -0.2) is 29.2 Å². The van der Waals surface area contributed by atoms with Gasteiger partial charge >= 0.3 is 0 Å². The summed E-state index contributed by atoms with van der Waals surface area (Å²) < 4.78 is 28.1. The lowest BCUT2D eigenvalue weighted by Gasteiger charge is -2.27. The maximum Gasteiger partial charge on any atom is 0.243 e. The maximum absolute atomic E-state index is 13.3. The summed E-state index contributed by atoms with van der Waals surface area (Å²) in [5.41, 5.74) is 5.37. The molecule has 0 saturated heterocycles. The zero-order valence-electron chi connectivity index (χ0n) is 17.4. The van der Waals surface area contributed by atoms with Gasteiger partial charge in [0.1, 0.15) is 0 Å². The second kappa shape index (κ2) is 8.49. The zero-order valence-corrected chi connectivity index (χ0v) is 18.2. The molecule has 2 aromatic heterocycles. The third-order valence-electron chi connectivity index (χ3n) is 6.23. The van der Waals surface area contributed by atoms with Crippen molar-refractivity contribution in [3.8, 4) is 0 Å². The van der Waals surface area contributed by atoms with Crippen molar-refractivity contribution in [3.63, 3.8) is 0 Å². The van der Waals surface area contributed by atoms with Gasteiger partial charge in [-0.05, 0) is 66.6 Å². The van der Waals surface area contributed by atoms with E-state index in [9.17, 15) is 8.42 Å². The average molecular weight is 435 g/mol. The fraction of sp³-hybridized carbons (Fsp3) is 0.333. The van der Waals surface area contributed by atoms with Gasteiger partial charge in [-0.3, -0.25) is 9.97 Å². The number of fused-ring (bicyclic) bond motifs is 2. The van der Waals surface area contributed by atoms with Gasteiger partial charge in [0.05, 0.1) is 28.9 Å². The highest BCUT2D eigenvalue weighted by molar-refractivity contribution is 7.89. The highest BCUT2D eigenvalue weighted by atomic mass is 32.2. The van der Waals surface area contributed by atoms with Crippen LogP contribution in [0, 0.1) is 0 Å². The molecule has 0 bridgehead atoms. The lowest BCUT2D eigenvalue weighted by Crippen LogP contribution is -2.36. The quantitative estimate of drug-likeness (QED) is 0.666. The molecule has 0 spiro atoms. The highest BCUT2D eigenvalue weighted by Crippen LogP contribution is 2.28. The first-order chi connectivity index (χ1) is 15.1. The Hall–Kier alpha value is -2.61. The molecule has 31 heavy (non-hydrogen) atoms. The molecule has 1 atom stereocenters. The van der Waals surface area contributed by atoms with Crippen molar-refractivity contribution >= 4 is 10.0 Å². The molecule has 6 nitrogen and oxygen atoms in total. The molecule has 1 unspecified atom stereocenters. The Bertz CT molecular complexity index is 1200. The molecular weight excluding hydrogens is 408 g/mol. The van der Waals surface area contributed by atoms with Crippen LogP contribution in [0.1, 0.15) is 47.0 Å². The fourth-order valence-corrected chi connectivity index (χ4v) is 6.02. The monoisotopic (exact) mass is 434 g/mol. The van der Waals surface area contributed by atoms with Gasteiger partial charge in [-0.25, -0.2) is 8.42 Å². The molecule has 1 aromatic carbocycles. The van der Waals surface area contributed by atoms with Crippen molar-refractivity contribution in [2.75, 3.05) is 6.54 Å². The first-order valence-corrected chi connectivity index (χ1v) is 12.2. The van der Waals surface area contributed by atoms with Gasteiger partial charge in [-0.1, -0.05) is 24.3 Å². The highest BCUT2D eigenvalue weighted by Gasteiger charge is 2.29. The smallest absolute Gasteiger partial charge is 0.243 e. The average Bonchev–Trinajstić information content (AvgIpc) is 2.82. The van der Waals surface area contributed by atoms with Crippen molar-refractivity contribution in [1.29, 1.82) is 0 Å². The number of sulfonamides is 1. The van der Waals surface area contributed by atoms with E-state index in [-0.39, 0.29) is 6.04 Å². The number of nitrogens with one attached hydrogen (secondary N) is 1. The van der Waals surface area contributed by atoms with Crippen LogP contribution < -0.4 is 5.32 Å². The summed E-state index contributed by atoms with van der Waals surface area (Å²) in [6.45, 7) is 1.41. The van der Waals surface area contributed by atoms with E-state index in [1.165, 1.54) is 9.87 Å². The molecule has 0 amide bonds. The Morgan fingerprint density at radius 1 is 1.00 bits per heavy atom. The molecule has 5 rings (SSSR count). The van der Waals surface area contributed by atoms with E-state index in [2.05, 4.69) is 21.4 Å². The predicted octanol–water partition coefficient (Wildman–Crippen LogP) is 3.39. The van der Waals surface area contributed by atoms with E-state index < -0.39 is 10.0 Å². The summed E-state index contributed by atoms with van der Waals surface area (Å²) in [5, 5.41) is 3.58. The Morgan fingerprint density at radius 3 is 2.74 bits per heavy atom. The Labute approximate surface area is 183 Å². The van der Waals surface area contributed by atoms with E-state index in [4.69, 9.17) is 0 Å². The summed E-state index contributed by atoms with van der Waals surface area (Å²) in [4.78, 5) is 9.29. The summed E-state index contributed by atoms with van der Waals surface area (Å²) >= 11 is 0. The molecule has 160 valence electrons. The second-order valence-electron chi connectivity index (χ2n) is 8.22. The molecule has 0 fully saturated rings. The minimum atomic E-state index is -3.57. The molecule has 1 N–H and O–H groups in total. The SMILES string of the molecule is O=S(=O)(c1cccc(CNC2CCCc3cccnc32)c1)N1CCc2cccnc2C1. The number of rotatable bonds is 5. The Kier molecular flexibility index (Phi) is 5.56. The fourth-order valence-electron chi connectivity index (χ4n) is 4.55. The van der Waals surface area contributed by atoms with Gasteiger partial charge in [0.25, 0.3) is 0 Å². The molecule has 1 aliphatic heterocycles. The number of aromatic nitrogens is 2. The number of nitrogens with zero attached hydrogens (tertiary/aromatic N) is 3. The Morgan fingerprint density at radius 2 is 1.84 bits per heavy atom. The normalized spacial score (nSPS) is 18.9. The largest absolute Gasteiger partial charge is 0.305 e. The first-order valence-electron chi connectivity index (χ1n) is 10.8. The van der Waals surface area contributed by atoms with Crippen LogP contribution in [0.2, 0.25) is 0 Å². The molecule has 1 aliphatic carbocycles. The van der Waals surface area contributed by atoms with E-state index in [1.54, 1.807) is 18.3 Å². The van der Waals surface area contributed by atoms with Gasteiger partial charge in [-0.2, -0.15) is 4.31 Å². The summed E-state index contributed by atoms with van der Waals surface area (Å²) in [5.74, 6) is 0.